The number of amides is 1. The molecular weight excluding hydrogens is 486 g/mol. The van der Waals surface area contributed by atoms with Gasteiger partial charge in [0.15, 0.2) is 0 Å². The number of esters is 1. The van der Waals surface area contributed by atoms with Crippen molar-refractivity contribution in [2.75, 3.05) is 12.3 Å². The van der Waals surface area contributed by atoms with Gasteiger partial charge < -0.3 is 10.1 Å². The van der Waals surface area contributed by atoms with Crippen molar-refractivity contribution in [1.29, 1.82) is 0 Å². The van der Waals surface area contributed by atoms with Crippen LogP contribution in [0.1, 0.15) is 57.6 Å². The van der Waals surface area contributed by atoms with E-state index < -0.39 is 6.10 Å². The second-order valence-corrected chi connectivity index (χ2v) is 10.3. The summed E-state index contributed by atoms with van der Waals surface area (Å²) in [4.78, 5) is 25.5. The van der Waals surface area contributed by atoms with Crippen LogP contribution in [0.3, 0.4) is 0 Å². The molecule has 1 aliphatic rings. The van der Waals surface area contributed by atoms with Crippen LogP contribution in [0.15, 0.2) is 48.5 Å². The Morgan fingerprint density at radius 2 is 1.78 bits per heavy atom. The number of benzene rings is 2. The fraction of sp³-hybridized carbons (Fsp3) is 0.464. The van der Waals surface area contributed by atoms with Gasteiger partial charge in [-0.2, -0.15) is 17.8 Å². The SMILES string of the molecule is CC(C)C(CS)C(=O)NCCC(OC(=O)C1CCCC1)c1ccc(-c2ccccc2-c2nn[nH]n2)cc1. The summed E-state index contributed by atoms with van der Waals surface area (Å²) in [6.07, 6.45) is 3.95. The lowest BCUT2D eigenvalue weighted by Gasteiger charge is -2.22. The fourth-order valence-electron chi connectivity index (χ4n) is 4.83. The van der Waals surface area contributed by atoms with Crippen LogP contribution in [-0.4, -0.2) is 44.8 Å². The van der Waals surface area contributed by atoms with E-state index in [0.29, 0.717) is 24.5 Å². The molecule has 1 aromatic heterocycles. The highest BCUT2D eigenvalue weighted by molar-refractivity contribution is 7.80. The van der Waals surface area contributed by atoms with Gasteiger partial charge in [-0.15, -0.1) is 10.2 Å². The number of nitrogens with zero attached hydrogens (tertiary/aromatic N) is 3. The number of H-pyrrole nitrogens is 1. The second kappa shape index (κ2) is 12.9. The van der Waals surface area contributed by atoms with Crippen LogP contribution in [0.5, 0.6) is 0 Å². The van der Waals surface area contributed by atoms with Gasteiger partial charge >= 0.3 is 5.97 Å². The molecule has 1 amide bonds. The number of rotatable bonds is 11. The van der Waals surface area contributed by atoms with Crippen molar-refractivity contribution in [3.63, 3.8) is 0 Å². The van der Waals surface area contributed by atoms with Crippen molar-refractivity contribution in [2.24, 2.45) is 17.8 Å². The molecule has 196 valence electrons. The molecule has 1 heterocycles. The van der Waals surface area contributed by atoms with Gasteiger partial charge in [-0.05, 0) is 40.7 Å². The summed E-state index contributed by atoms with van der Waals surface area (Å²) in [5.74, 6) is 0.886. The van der Waals surface area contributed by atoms with E-state index in [1.165, 1.54) is 0 Å². The van der Waals surface area contributed by atoms with Gasteiger partial charge in [-0.3, -0.25) is 9.59 Å². The Balaban J connectivity index is 1.51. The first-order chi connectivity index (χ1) is 18.0. The third-order valence-electron chi connectivity index (χ3n) is 7.10. The first-order valence-electron chi connectivity index (χ1n) is 13.0. The van der Waals surface area contributed by atoms with E-state index in [-0.39, 0.29) is 29.6 Å². The Kier molecular flexibility index (Phi) is 9.33. The molecule has 0 aliphatic heterocycles. The minimum Gasteiger partial charge on any atom is -0.457 e. The molecule has 2 unspecified atom stereocenters. The lowest BCUT2D eigenvalue weighted by Crippen LogP contribution is -2.36. The Morgan fingerprint density at radius 3 is 2.41 bits per heavy atom. The number of carbonyl (C=O) groups is 2. The van der Waals surface area contributed by atoms with Gasteiger partial charge in [0.25, 0.3) is 0 Å². The largest absolute Gasteiger partial charge is 0.457 e. The molecule has 2 atom stereocenters. The summed E-state index contributed by atoms with van der Waals surface area (Å²) in [5.41, 5.74) is 3.75. The van der Waals surface area contributed by atoms with Gasteiger partial charge in [-0.25, -0.2) is 0 Å². The zero-order valence-electron chi connectivity index (χ0n) is 21.4. The zero-order chi connectivity index (χ0) is 26.2. The Bertz CT molecular complexity index is 1160. The van der Waals surface area contributed by atoms with Crippen molar-refractivity contribution >= 4 is 24.5 Å². The van der Waals surface area contributed by atoms with Crippen molar-refractivity contribution < 1.29 is 14.3 Å². The number of aromatic amines is 1. The van der Waals surface area contributed by atoms with Gasteiger partial charge in [-0.1, -0.05) is 75.2 Å². The van der Waals surface area contributed by atoms with E-state index in [9.17, 15) is 9.59 Å². The second-order valence-electron chi connectivity index (χ2n) is 9.92. The minimum absolute atomic E-state index is 0.0145. The number of thiol groups is 1. The summed E-state index contributed by atoms with van der Waals surface area (Å²) in [7, 11) is 0. The van der Waals surface area contributed by atoms with Crippen molar-refractivity contribution in [3.8, 4) is 22.5 Å². The first-order valence-corrected chi connectivity index (χ1v) is 13.6. The van der Waals surface area contributed by atoms with Crippen LogP contribution >= 0.6 is 12.6 Å². The maximum Gasteiger partial charge on any atom is 0.309 e. The van der Waals surface area contributed by atoms with E-state index in [0.717, 1.165) is 47.9 Å². The first kappa shape index (κ1) is 26.9. The summed E-state index contributed by atoms with van der Waals surface area (Å²) in [5, 5.41) is 17.4. The van der Waals surface area contributed by atoms with E-state index in [2.05, 4.69) is 38.6 Å². The van der Waals surface area contributed by atoms with Crippen LogP contribution in [0.2, 0.25) is 0 Å². The minimum atomic E-state index is -0.441. The number of nitrogens with one attached hydrogen (secondary N) is 2. The normalized spacial score (nSPS) is 15.5. The average Bonchev–Trinajstić information content (AvgIpc) is 3.63. The van der Waals surface area contributed by atoms with Crippen LogP contribution in [0, 0.1) is 17.8 Å². The molecule has 3 aromatic rings. The quantitative estimate of drug-likeness (QED) is 0.242. The highest BCUT2D eigenvalue weighted by Crippen LogP contribution is 2.33. The number of hydrogen-bond donors (Lipinski definition) is 3. The molecule has 0 saturated heterocycles. The maximum absolute atomic E-state index is 12.9. The van der Waals surface area contributed by atoms with Crippen molar-refractivity contribution in [3.05, 3.63) is 54.1 Å². The van der Waals surface area contributed by atoms with E-state index in [4.69, 9.17) is 4.74 Å². The molecule has 2 aromatic carbocycles. The molecule has 0 spiro atoms. The topological polar surface area (TPSA) is 110 Å². The third kappa shape index (κ3) is 6.77. The number of hydrogen-bond acceptors (Lipinski definition) is 7. The van der Waals surface area contributed by atoms with Gasteiger partial charge in [0.2, 0.25) is 11.7 Å². The lowest BCUT2D eigenvalue weighted by molar-refractivity contribution is -0.154. The number of carbonyl (C=O) groups excluding carboxylic acids is 2. The molecular formula is C28H35N5O3S. The summed E-state index contributed by atoms with van der Waals surface area (Å²) < 4.78 is 6.03. The van der Waals surface area contributed by atoms with Gasteiger partial charge in [0.1, 0.15) is 6.10 Å². The van der Waals surface area contributed by atoms with Crippen LogP contribution in [0.25, 0.3) is 22.5 Å². The van der Waals surface area contributed by atoms with Crippen LogP contribution in [-0.2, 0) is 14.3 Å². The highest BCUT2D eigenvalue weighted by atomic mass is 32.1. The summed E-state index contributed by atoms with van der Waals surface area (Å²) in [6, 6.07) is 15.9. The average molecular weight is 522 g/mol. The third-order valence-corrected chi connectivity index (χ3v) is 7.49. The Hall–Kier alpha value is -3.20. The Labute approximate surface area is 223 Å². The number of aromatic nitrogens is 4. The predicted molar refractivity (Wildman–Crippen MR) is 146 cm³/mol. The highest BCUT2D eigenvalue weighted by Gasteiger charge is 2.28. The van der Waals surface area contributed by atoms with Gasteiger partial charge in [0.05, 0.1) is 5.92 Å². The molecule has 8 nitrogen and oxygen atoms in total. The molecule has 1 aliphatic carbocycles. The lowest BCUT2D eigenvalue weighted by atomic mass is 9.96. The van der Waals surface area contributed by atoms with E-state index in [1.54, 1.807) is 0 Å². The number of ether oxygens (including phenoxy) is 1. The van der Waals surface area contributed by atoms with Crippen LogP contribution in [0.4, 0.5) is 0 Å². The van der Waals surface area contributed by atoms with Crippen molar-refractivity contribution in [2.45, 2.75) is 52.1 Å². The molecule has 37 heavy (non-hydrogen) atoms. The number of tetrazole rings is 1. The molecule has 0 bridgehead atoms. The smallest absolute Gasteiger partial charge is 0.309 e. The molecule has 2 N–H and O–H groups in total. The molecule has 9 heteroatoms. The predicted octanol–water partition coefficient (Wildman–Crippen LogP) is 5.02. The summed E-state index contributed by atoms with van der Waals surface area (Å²) in [6.45, 7) is 4.46. The monoisotopic (exact) mass is 521 g/mol. The van der Waals surface area contributed by atoms with Crippen LogP contribution < -0.4 is 5.32 Å². The van der Waals surface area contributed by atoms with E-state index >= 15 is 0 Å². The molecule has 0 radical (unpaired) electrons. The van der Waals surface area contributed by atoms with E-state index in [1.807, 2.05) is 62.4 Å². The maximum atomic E-state index is 12.9. The van der Waals surface area contributed by atoms with Gasteiger partial charge in [0, 0.05) is 30.2 Å². The van der Waals surface area contributed by atoms with Crippen molar-refractivity contribution in [1.82, 2.24) is 25.9 Å². The zero-order valence-corrected chi connectivity index (χ0v) is 22.3. The Morgan fingerprint density at radius 1 is 1.08 bits per heavy atom. The molecule has 1 saturated carbocycles. The fourth-order valence-corrected chi connectivity index (χ4v) is 5.42. The summed E-state index contributed by atoms with van der Waals surface area (Å²) >= 11 is 4.33. The molecule has 1 fully saturated rings. The molecule has 4 rings (SSSR count). The standard InChI is InChI=1S/C28H35N5O3S/c1-18(2)24(17-37)27(34)29-16-15-25(36-28(35)21-7-3-4-8-21)20-13-11-19(12-14-20)22-9-5-6-10-23(22)26-30-32-33-31-26/h5-6,9-14,18,21,24-25,37H,3-4,7-8,15-17H2,1-2H3,(H,29,34)(H,30,31,32,33).